The third-order valence-corrected chi connectivity index (χ3v) is 7.27. The topological polar surface area (TPSA) is 98.1 Å². The molecule has 1 aliphatic rings. The maximum atomic E-state index is 14.9. The number of halogens is 2. The predicted molar refractivity (Wildman–Crippen MR) is 125 cm³/mol. The van der Waals surface area contributed by atoms with Gasteiger partial charge in [-0.2, -0.15) is 5.10 Å². The van der Waals surface area contributed by atoms with Crippen molar-refractivity contribution in [2.24, 2.45) is 0 Å². The highest BCUT2D eigenvalue weighted by Crippen LogP contribution is 2.40. The van der Waals surface area contributed by atoms with Gasteiger partial charge in [0.25, 0.3) is 10.0 Å². The zero-order valence-corrected chi connectivity index (χ0v) is 19.3. The van der Waals surface area contributed by atoms with E-state index in [0.29, 0.717) is 5.75 Å². The van der Waals surface area contributed by atoms with E-state index in [4.69, 9.17) is 16.3 Å². The van der Waals surface area contributed by atoms with Gasteiger partial charge in [0, 0.05) is 35.7 Å². The lowest BCUT2D eigenvalue weighted by Crippen LogP contribution is -2.17. The van der Waals surface area contributed by atoms with Gasteiger partial charge in [-0.3, -0.25) is 4.72 Å². The van der Waals surface area contributed by atoms with E-state index in [1.165, 1.54) is 22.2 Å². The van der Waals surface area contributed by atoms with Crippen LogP contribution >= 0.6 is 22.9 Å². The van der Waals surface area contributed by atoms with Gasteiger partial charge >= 0.3 is 0 Å². The fourth-order valence-corrected chi connectivity index (χ4v) is 5.43. The lowest BCUT2D eigenvalue weighted by atomic mass is 10.1. The highest BCUT2D eigenvalue weighted by Gasteiger charge is 2.24. The van der Waals surface area contributed by atoms with Crippen LogP contribution in [0.15, 0.2) is 58.4 Å². The fraction of sp³-hybridized carbons (Fsp3) is 0.143. The molecule has 3 heterocycles. The van der Waals surface area contributed by atoms with Crippen LogP contribution in [0.5, 0.6) is 11.5 Å². The Morgan fingerprint density at radius 1 is 1.21 bits per heavy atom. The van der Waals surface area contributed by atoms with Gasteiger partial charge in [0.15, 0.2) is 5.82 Å². The molecule has 8 nitrogen and oxygen atoms in total. The number of hydrogen-bond donors (Lipinski definition) is 2. The number of aryl methyl sites for hydroxylation is 1. The van der Waals surface area contributed by atoms with Gasteiger partial charge < -0.3 is 10.1 Å². The van der Waals surface area contributed by atoms with Crippen molar-refractivity contribution in [3.63, 3.8) is 0 Å². The first kappa shape index (κ1) is 21.7. The number of anilines is 2. The van der Waals surface area contributed by atoms with Crippen molar-refractivity contribution < 1.29 is 17.5 Å². The Bertz CT molecular complexity index is 1420. The van der Waals surface area contributed by atoms with E-state index in [-0.39, 0.29) is 16.6 Å². The molecule has 0 saturated carbocycles. The van der Waals surface area contributed by atoms with E-state index in [9.17, 15) is 12.8 Å². The molecule has 0 aliphatic carbocycles. The smallest absolute Gasteiger partial charge is 0.266 e. The summed E-state index contributed by atoms with van der Waals surface area (Å²) in [7, 11) is -4.22. The largest absolute Gasteiger partial charge is 0.455 e. The summed E-state index contributed by atoms with van der Waals surface area (Å²) in [6, 6.07) is 9.21. The molecule has 0 amide bonds. The molecule has 0 unspecified atom stereocenters. The van der Waals surface area contributed by atoms with Gasteiger partial charge in [-0.1, -0.05) is 29.8 Å². The summed E-state index contributed by atoms with van der Waals surface area (Å²) in [6.45, 7) is 1.65. The summed E-state index contributed by atoms with van der Waals surface area (Å²) in [5.74, 6) is 0.396. The first-order valence-corrected chi connectivity index (χ1v) is 12.7. The number of hydrogen-bond acceptors (Lipinski definition) is 7. The second-order valence-corrected chi connectivity index (χ2v) is 9.98. The molecule has 0 bridgehead atoms. The van der Waals surface area contributed by atoms with Crippen molar-refractivity contribution in [2.75, 3.05) is 16.6 Å². The van der Waals surface area contributed by atoms with E-state index in [0.717, 1.165) is 48.6 Å². The van der Waals surface area contributed by atoms with Crippen molar-refractivity contribution in [3.8, 4) is 22.6 Å². The van der Waals surface area contributed by atoms with E-state index in [1.54, 1.807) is 18.3 Å². The monoisotopic (exact) mass is 505 g/mol. The third kappa shape index (κ3) is 4.26. The number of ether oxygens (including phenoxy) is 1. The Balaban J connectivity index is 1.48. The molecule has 0 saturated heterocycles. The minimum absolute atomic E-state index is 0.0109. The lowest BCUT2D eigenvalue weighted by Gasteiger charge is -2.18. The molecule has 0 spiro atoms. The Labute approximate surface area is 198 Å². The highest BCUT2D eigenvalue weighted by molar-refractivity contribution is 7.92. The van der Waals surface area contributed by atoms with E-state index in [1.807, 2.05) is 16.8 Å². The lowest BCUT2D eigenvalue weighted by molar-refractivity contribution is 0.475. The molecule has 0 atom stereocenters. The van der Waals surface area contributed by atoms with Crippen LogP contribution in [0.2, 0.25) is 5.02 Å². The summed E-state index contributed by atoms with van der Waals surface area (Å²) in [5.41, 5.74) is 3.04. The summed E-state index contributed by atoms with van der Waals surface area (Å²) in [5, 5.41) is 9.20. The predicted octanol–water partition coefficient (Wildman–Crippen LogP) is 5.21. The zero-order valence-electron chi connectivity index (χ0n) is 17.0. The van der Waals surface area contributed by atoms with Crippen molar-refractivity contribution in [2.45, 2.75) is 17.9 Å². The summed E-state index contributed by atoms with van der Waals surface area (Å²) < 4.78 is 50.1. The minimum atomic E-state index is -4.22. The SMILES string of the molecule is O=S(=O)(Nc1cscn1)c1cc(Cl)c(Oc2ccccc2-c2cnn3c2NCCC3)cc1F. The summed E-state index contributed by atoms with van der Waals surface area (Å²) in [6.07, 6.45) is 2.73. The second-order valence-electron chi connectivity index (χ2n) is 7.20. The van der Waals surface area contributed by atoms with E-state index in [2.05, 4.69) is 20.1 Å². The fourth-order valence-electron chi connectivity index (χ4n) is 3.52. The van der Waals surface area contributed by atoms with E-state index < -0.39 is 20.7 Å². The Hall–Kier alpha value is -3.15. The zero-order chi connectivity index (χ0) is 23.0. The molecule has 0 fully saturated rings. The van der Waals surface area contributed by atoms with Gasteiger partial charge in [0.05, 0.1) is 16.7 Å². The van der Waals surface area contributed by atoms with E-state index >= 15 is 0 Å². The van der Waals surface area contributed by atoms with Crippen LogP contribution in [0.3, 0.4) is 0 Å². The Morgan fingerprint density at radius 3 is 2.88 bits per heavy atom. The average Bonchev–Trinajstić information content (AvgIpc) is 3.46. The van der Waals surface area contributed by atoms with Gasteiger partial charge in [-0.15, -0.1) is 11.3 Å². The molecule has 1 aliphatic heterocycles. The van der Waals surface area contributed by atoms with Crippen LogP contribution in [0.4, 0.5) is 16.0 Å². The molecule has 12 heteroatoms. The van der Waals surface area contributed by atoms with Gasteiger partial charge in [0.1, 0.15) is 28.0 Å². The van der Waals surface area contributed by atoms with Crippen LogP contribution in [0.1, 0.15) is 6.42 Å². The second kappa shape index (κ2) is 8.65. The normalized spacial score (nSPS) is 13.3. The molecule has 4 aromatic rings. The first-order valence-electron chi connectivity index (χ1n) is 9.89. The number of aromatic nitrogens is 3. The highest BCUT2D eigenvalue weighted by atomic mass is 35.5. The Kier molecular flexibility index (Phi) is 5.69. The first-order chi connectivity index (χ1) is 15.9. The number of rotatable bonds is 6. The number of nitrogens with zero attached hydrogens (tertiary/aromatic N) is 3. The maximum Gasteiger partial charge on any atom is 0.266 e. The quantitative estimate of drug-likeness (QED) is 0.373. The van der Waals surface area contributed by atoms with Crippen molar-refractivity contribution >= 4 is 44.6 Å². The van der Waals surface area contributed by atoms with Crippen LogP contribution < -0.4 is 14.8 Å². The number of para-hydroxylation sites is 1. The molecule has 2 N–H and O–H groups in total. The number of benzene rings is 2. The van der Waals surface area contributed by atoms with Gasteiger partial charge in [0.2, 0.25) is 0 Å². The average molecular weight is 506 g/mol. The van der Waals surface area contributed by atoms with Crippen LogP contribution in [-0.4, -0.2) is 29.7 Å². The molecule has 2 aromatic carbocycles. The number of nitrogens with one attached hydrogen (secondary N) is 2. The molecule has 2 aromatic heterocycles. The van der Waals surface area contributed by atoms with Gasteiger partial charge in [-0.25, -0.2) is 22.5 Å². The summed E-state index contributed by atoms with van der Waals surface area (Å²) in [4.78, 5) is 3.25. The number of thiazole rings is 1. The molecule has 170 valence electrons. The number of sulfonamides is 1. The van der Waals surface area contributed by atoms with Crippen molar-refractivity contribution in [3.05, 3.63) is 64.3 Å². The van der Waals surface area contributed by atoms with Crippen LogP contribution in [0.25, 0.3) is 11.1 Å². The molecule has 33 heavy (non-hydrogen) atoms. The third-order valence-electron chi connectivity index (χ3n) is 5.02. The van der Waals surface area contributed by atoms with Crippen molar-refractivity contribution in [1.82, 2.24) is 14.8 Å². The number of fused-ring (bicyclic) bond motifs is 1. The van der Waals surface area contributed by atoms with Crippen molar-refractivity contribution in [1.29, 1.82) is 0 Å². The standard InChI is InChI=1S/C21H17ClFN5O3S2/c22-15-8-19(33(29,30)27-20-11-32-12-25-20)16(23)9-18(15)31-17-5-2-1-4-13(17)14-10-26-28-7-3-6-24-21(14)28/h1-2,4-5,8-12,24,27H,3,6-7H2. The van der Waals surface area contributed by atoms with Crippen LogP contribution in [0, 0.1) is 5.82 Å². The van der Waals surface area contributed by atoms with Gasteiger partial charge in [-0.05, 0) is 18.6 Å². The Morgan fingerprint density at radius 2 is 2.06 bits per heavy atom. The molecule has 0 radical (unpaired) electrons. The maximum absolute atomic E-state index is 14.9. The van der Waals surface area contributed by atoms with Crippen LogP contribution in [-0.2, 0) is 16.6 Å². The minimum Gasteiger partial charge on any atom is -0.455 e. The molecular formula is C21H17ClFN5O3S2. The summed E-state index contributed by atoms with van der Waals surface area (Å²) >= 11 is 7.51. The molecule has 5 rings (SSSR count). The molecular weight excluding hydrogens is 489 g/mol.